The number of aromatic nitrogens is 2. The second kappa shape index (κ2) is 10.1. The van der Waals surface area contributed by atoms with Crippen molar-refractivity contribution in [3.63, 3.8) is 0 Å². The molecule has 0 bridgehead atoms. The minimum Gasteiger partial charge on any atom is -0.444 e. The molecule has 1 unspecified atom stereocenters. The van der Waals surface area contributed by atoms with Gasteiger partial charge in [-0.05, 0) is 68.1 Å². The lowest BCUT2D eigenvalue weighted by Gasteiger charge is -2.22. The number of fused-ring (bicyclic) bond motifs is 1. The fourth-order valence-corrected chi connectivity index (χ4v) is 4.55. The van der Waals surface area contributed by atoms with E-state index in [4.69, 9.17) is 16.3 Å². The van der Waals surface area contributed by atoms with E-state index in [-0.39, 0.29) is 6.54 Å². The number of rotatable bonds is 5. The van der Waals surface area contributed by atoms with E-state index in [9.17, 15) is 14.9 Å². The molecule has 0 saturated heterocycles. The monoisotopic (exact) mass is 518 g/mol. The zero-order chi connectivity index (χ0) is 26.9. The summed E-state index contributed by atoms with van der Waals surface area (Å²) in [6.07, 6.45) is 1.79. The maximum Gasteiger partial charge on any atom is 0.407 e. The standard InChI is InChI=1S/C27H27ClN6O3/c1-6-15-9-17(28)11-20(21(15)12-29)24-22(13-31-34(24)5)16-7-8-18-19(10-16)23(32-33-25(18)35)14-30-26(36)37-27(2,3)4/h7-11,13,23H,6,14H2,1-5H3,(H,30,36). The fraction of sp³-hybridized carbons (Fsp3) is 0.333. The van der Waals surface area contributed by atoms with Crippen molar-refractivity contribution in [1.82, 2.24) is 15.1 Å². The Morgan fingerprint density at radius 3 is 2.65 bits per heavy atom. The Labute approximate surface area is 220 Å². The van der Waals surface area contributed by atoms with Gasteiger partial charge in [0.25, 0.3) is 5.91 Å². The highest BCUT2D eigenvalue weighted by molar-refractivity contribution is 6.31. The summed E-state index contributed by atoms with van der Waals surface area (Å²) in [7, 11) is 1.80. The molecular weight excluding hydrogens is 492 g/mol. The third kappa shape index (κ3) is 5.39. The molecule has 1 atom stereocenters. The number of carbonyl (C=O) groups excluding carboxylic acids is 2. The lowest BCUT2D eigenvalue weighted by atomic mass is 9.91. The van der Waals surface area contributed by atoms with Gasteiger partial charge in [0.15, 0.2) is 0 Å². The van der Waals surface area contributed by atoms with Gasteiger partial charge in [0.05, 0.1) is 17.5 Å². The number of hydrogen-bond acceptors (Lipinski definition) is 6. The van der Waals surface area contributed by atoms with Crippen LogP contribution in [-0.2, 0) is 18.2 Å². The van der Waals surface area contributed by atoms with Crippen LogP contribution < -0.4 is 5.32 Å². The number of azo groups is 1. The van der Waals surface area contributed by atoms with Crippen molar-refractivity contribution in [1.29, 1.82) is 5.26 Å². The van der Waals surface area contributed by atoms with Gasteiger partial charge in [-0.3, -0.25) is 9.48 Å². The van der Waals surface area contributed by atoms with Crippen LogP contribution in [0.1, 0.15) is 60.8 Å². The van der Waals surface area contributed by atoms with Gasteiger partial charge >= 0.3 is 6.09 Å². The van der Waals surface area contributed by atoms with Crippen LogP contribution in [0.25, 0.3) is 22.4 Å². The largest absolute Gasteiger partial charge is 0.444 e. The van der Waals surface area contributed by atoms with Crippen molar-refractivity contribution in [2.45, 2.75) is 45.8 Å². The number of carbonyl (C=O) groups is 2. The average Bonchev–Trinajstić information content (AvgIpc) is 3.22. The summed E-state index contributed by atoms with van der Waals surface area (Å²) in [6.45, 7) is 7.41. The Bertz CT molecular complexity index is 1460. The normalized spacial score (nSPS) is 14.7. The van der Waals surface area contributed by atoms with Crippen LogP contribution in [0.5, 0.6) is 0 Å². The fourth-order valence-electron chi connectivity index (χ4n) is 4.31. The molecule has 4 rings (SSSR count). The lowest BCUT2D eigenvalue weighted by molar-refractivity contribution is 0.0524. The molecule has 3 aromatic rings. The number of nitriles is 1. The number of halogens is 1. The molecule has 10 heteroatoms. The van der Waals surface area contributed by atoms with Crippen LogP contribution in [0.2, 0.25) is 5.02 Å². The highest BCUT2D eigenvalue weighted by Crippen LogP contribution is 2.38. The number of hydrogen-bond donors (Lipinski definition) is 1. The van der Waals surface area contributed by atoms with E-state index in [1.54, 1.807) is 56.9 Å². The molecule has 1 aliphatic rings. The van der Waals surface area contributed by atoms with Crippen LogP contribution in [0.15, 0.2) is 46.8 Å². The molecule has 0 radical (unpaired) electrons. The minimum atomic E-state index is -0.643. The summed E-state index contributed by atoms with van der Waals surface area (Å²) >= 11 is 6.41. The molecule has 1 aromatic heterocycles. The zero-order valence-corrected chi connectivity index (χ0v) is 22.1. The molecule has 0 aliphatic carbocycles. The van der Waals surface area contributed by atoms with Gasteiger partial charge in [0, 0.05) is 35.3 Å². The number of ether oxygens (including phenoxy) is 1. The molecule has 2 heterocycles. The van der Waals surface area contributed by atoms with Crippen LogP contribution in [0, 0.1) is 11.3 Å². The highest BCUT2D eigenvalue weighted by Gasteiger charge is 2.27. The van der Waals surface area contributed by atoms with Crippen LogP contribution in [0.4, 0.5) is 4.79 Å². The van der Waals surface area contributed by atoms with Crippen molar-refractivity contribution in [3.05, 3.63) is 63.8 Å². The number of benzene rings is 2. The summed E-state index contributed by atoms with van der Waals surface area (Å²) in [4.78, 5) is 24.6. The average molecular weight is 519 g/mol. The number of amides is 2. The van der Waals surface area contributed by atoms with E-state index >= 15 is 0 Å². The van der Waals surface area contributed by atoms with Crippen molar-refractivity contribution < 1.29 is 14.3 Å². The number of nitrogens with zero attached hydrogens (tertiary/aromatic N) is 5. The van der Waals surface area contributed by atoms with Crippen LogP contribution in [-0.4, -0.2) is 33.9 Å². The second-order valence-electron chi connectivity index (χ2n) is 9.70. The Balaban J connectivity index is 1.76. The third-order valence-electron chi connectivity index (χ3n) is 5.95. The lowest BCUT2D eigenvalue weighted by Crippen LogP contribution is -2.35. The zero-order valence-electron chi connectivity index (χ0n) is 21.3. The third-order valence-corrected chi connectivity index (χ3v) is 6.17. The summed E-state index contributed by atoms with van der Waals surface area (Å²) in [5.41, 5.74) is 4.73. The van der Waals surface area contributed by atoms with Gasteiger partial charge in [-0.1, -0.05) is 24.6 Å². The maximum absolute atomic E-state index is 12.4. The van der Waals surface area contributed by atoms with Gasteiger partial charge < -0.3 is 10.1 Å². The smallest absolute Gasteiger partial charge is 0.407 e. The number of alkyl carbamates (subject to hydrolysis) is 1. The molecule has 1 N–H and O–H groups in total. The first-order chi connectivity index (χ1) is 17.5. The first-order valence-corrected chi connectivity index (χ1v) is 12.2. The topological polar surface area (TPSA) is 122 Å². The first-order valence-electron chi connectivity index (χ1n) is 11.8. The van der Waals surface area contributed by atoms with Crippen LogP contribution in [0.3, 0.4) is 0 Å². The summed E-state index contributed by atoms with van der Waals surface area (Å²) in [6, 6.07) is 10.7. The van der Waals surface area contributed by atoms with Gasteiger partial charge in [0.1, 0.15) is 17.7 Å². The van der Waals surface area contributed by atoms with Gasteiger partial charge in [-0.15, -0.1) is 5.11 Å². The molecule has 9 nitrogen and oxygen atoms in total. The molecule has 37 heavy (non-hydrogen) atoms. The van der Waals surface area contributed by atoms with Crippen molar-refractivity contribution in [2.75, 3.05) is 6.54 Å². The Morgan fingerprint density at radius 2 is 1.97 bits per heavy atom. The molecule has 1 aliphatic heterocycles. The van der Waals surface area contributed by atoms with Crippen molar-refractivity contribution >= 4 is 23.6 Å². The quantitative estimate of drug-likeness (QED) is 0.443. The van der Waals surface area contributed by atoms with Crippen LogP contribution >= 0.6 is 11.6 Å². The SMILES string of the molecule is CCc1cc(Cl)cc(-c2c(-c3ccc4c(c3)C(CNC(=O)OC(C)(C)C)N=NC4=O)cnn2C)c1C#N. The maximum atomic E-state index is 12.4. The molecule has 2 aromatic carbocycles. The van der Waals surface area contributed by atoms with E-state index in [0.717, 1.165) is 22.4 Å². The van der Waals surface area contributed by atoms with Gasteiger partial charge in [-0.25, -0.2) is 4.79 Å². The molecule has 0 fully saturated rings. The second-order valence-corrected chi connectivity index (χ2v) is 10.1. The van der Waals surface area contributed by atoms with Gasteiger partial charge in [-0.2, -0.15) is 15.5 Å². The van der Waals surface area contributed by atoms with E-state index in [1.165, 1.54) is 0 Å². The van der Waals surface area contributed by atoms with Crippen molar-refractivity contribution in [3.8, 4) is 28.5 Å². The van der Waals surface area contributed by atoms with E-state index in [0.29, 0.717) is 33.7 Å². The summed E-state index contributed by atoms with van der Waals surface area (Å²) < 4.78 is 7.01. The van der Waals surface area contributed by atoms with E-state index in [2.05, 4.69) is 26.7 Å². The molecule has 190 valence electrons. The van der Waals surface area contributed by atoms with E-state index in [1.807, 2.05) is 19.1 Å². The molecule has 2 amide bonds. The molecular formula is C27H27ClN6O3. The first kappa shape index (κ1) is 26.0. The summed E-state index contributed by atoms with van der Waals surface area (Å²) in [5, 5.41) is 25.5. The number of aryl methyl sites for hydroxylation is 2. The minimum absolute atomic E-state index is 0.106. The number of nitrogens with one attached hydrogen (secondary N) is 1. The predicted molar refractivity (Wildman–Crippen MR) is 139 cm³/mol. The molecule has 0 spiro atoms. The highest BCUT2D eigenvalue weighted by atomic mass is 35.5. The molecule has 0 saturated carbocycles. The Morgan fingerprint density at radius 1 is 1.22 bits per heavy atom. The Kier molecular flexibility index (Phi) is 7.14. The van der Waals surface area contributed by atoms with E-state index < -0.39 is 23.6 Å². The summed E-state index contributed by atoms with van der Waals surface area (Å²) in [5.74, 6) is -0.448. The van der Waals surface area contributed by atoms with Gasteiger partial charge in [0.2, 0.25) is 0 Å². The predicted octanol–water partition coefficient (Wildman–Crippen LogP) is 6.01. The Hall–Kier alpha value is -4.03. The van der Waals surface area contributed by atoms with Crippen molar-refractivity contribution in [2.24, 2.45) is 17.3 Å².